The maximum absolute atomic E-state index is 12.5. The Hall–Kier alpha value is -1.50. The van der Waals surface area contributed by atoms with Crippen LogP contribution in [0, 0.1) is 11.8 Å². The minimum Gasteiger partial charge on any atom is -0.349 e. The van der Waals surface area contributed by atoms with Gasteiger partial charge in [0.05, 0.1) is 11.6 Å². The van der Waals surface area contributed by atoms with Crippen LogP contribution in [-0.4, -0.2) is 44.2 Å². The SMILES string of the molecule is O=C(NC12C[C@H]3C[C@@H](C1)CC(n1ncnn1)(C3)C2)[C@@H]1CCN1. The average molecular weight is 302 g/mol. The first-order valence-corrected chi connectivity index (χ1v) is 8.45. The standard InChI is InChI=1S/C15H22N6O/c22-13(12-1-2-16-12)19-14-4-10-3-11(5-14)7-15(6-10,8-14)21-18-9-17-20-21/h9-12,16H,1-8H2,(H,19,22)/t10-,11+,12-,14?,15?/m0/s1. The number of carbonyl (C=O) groups is 1. The number of carbonyl (C=O) groups excluding carboxylic acids is 1. The minimum absolute atomic E-state index is 0.0217. The lowest BCUT2D eigenvalue weighted by Gasteiger charge is -2.61. The normalized spacial score (nSPS) is 45.5. The van der Waals surface area contributed by atoms with Gasteiger partial charge in [0.25, 0.3) is 0 Å². The molecule has 2 unspecified atom stereocenters. The second-order valence-corrected chi connectivity index (χ2v) is 7.98. The van der Waals surface area contributed by atoms with E-state index in [0.29, 0.717) is 11.8 Å². The van der Waals surface area contributed by atoms with Crippen LogP contribution in [0.25, 0.3) is 0 Å². The van der Waals surface area contributed by atoms with Crippen LogP contribution < -0.4 is 10.6 Å². The van der Waals surface area contributed by atoms with Crippen LogP contribution in [0.3, 0.4) is 0 Å². The highest BCUT2D eigenvalue weighted by Gasteiger charge is 2.60. The van der Waals surface area contributed by atoms with E-state index in [1.807, 2.05) is 4.80 Å². The molecular formula is C15H22N6O. The Bertz CT molecular complexity index is 581. The zero-order chi connectivity index (χ0) is 14.8. The fourth-order valence-corrected chi connectivity index (χ4v) is 5.84. The molecule has 2 heterocycles. The summed E-state index contributed by atoms with van der Waals surface area (Å²) in [5.74, 6) is 1.55. The first-order valence-electron chi connectivity index (χ1n) is 8.45. The van der Waals surface area contributed by atoms with Gasteiger partial charge in [-0.25, -0.2) is 0 Å². The van der Waals surface area contributed by atoms with Gasteiger partial charge < -0.3 is 10.6 Å². The number of hydrogen-bond donors (Lipinski definition) is 2. The van der Waals surface area contributed by atoms with Gasteiger partial charge in [-0.2, -0.15) is 4.80 Å². The summed E-state index contributed by atoms with van der Waals surface area (Å²) in [5, 5.41) is 19.1. The fourth-order valence-electron chi connectivity index (χ4n) is 5.84. The van der Waals surface area contributed by atoms with Gasteiger partial charge in [0.2, 0.25) is 5.91 Å². The van der Waals surface area contributed by atoms with Gasteiger partial charge in [-0.1, -0.05) is 0 Å². The molecule has 4 bridgehead atoms. The Balaban J connectivity index is 1.45. The third-order valence-corrected chi connectivity index (χ3v) is 6.33. The molecule has 5 atom stereocenters. The Kier molecular flexibility index (Phi) is 2.52. The second-order valence-electron chi connectivity index (χ2n) is 7.98. The number of tetrazole rings is 1. The number of amides is 1. The van der Waals surface area contributed by atoms with Crippen molar-refractivity contribution >= 4 is 5.91 Å². The zero-order valence-corrected chi connectivity index (χ0v) is 12.7. The molecule has 1 aromatic heterocycles. The largest absolute Gasteiger partial charge is 0.349 e. The lowest BCUT2D eigenvalue weighted by molar-refractivity contribution is -0.134. The van der Waals surface area contributed by atoms with Crippen LogP contribution >= 0.6 is 0 Å². The Labute approximate surface area is 129 Å². The molecule has 1 aliphatic heterocycles. The molecule has 118 valence electrons. The third kappa shape index (κ3) is 1.77. The van der Waals surface area contributed by atoms with Crippen LogP contribution in [0.4, 0.5) is 0 Å². The van der Waals surface area contributed by atoms with Gasteiger partial charge in [0.15, 0.2) is 6.33 Å². The number of rotatable bonds is 3. The van der Waals surface area contributed by atoms with Crippen molar-refractivity contribution in [1.29, 1.82) is 0 Å². The van der Waals surface area contributed by atoms with Crippen molar-refractivity contribution in [1.82, 2.24) is 30.8 Å². The molecule has 4 saturated carbocycles. The van der Waals surface area contributed by atoms with E-state index in [1.54, 1.807) is 0 Å². The smallest absolute Gasteiger partial charge is 0.237 e. The van der Waals surface area contributed by atoms with E-state index >= 15 is 0 Å². The van der Waals surface area contributed by atoms with E-state index in [-0.39, 0.29) is 23.0 Å². The van der Waals surface area contributed by atoms with Crippen molar-refractivity contribution in [3.63, 3.8) is 0 Å². The lowest BCUT2D eigenvalue weighted by atomic mass is 9.50. The molecule has 0 radical (unpaired) electrons. The molecule has 1 amide bonds. The maximum atomic E-state index is 12.5. The highest BCUT2D eigenvalue weighted by molar-refractivity contribution is 5.83. The Morgan fingerprint density at radius 3 is 2.64 bits per heavy atom. The Morgan fingerprint density at radius 1 is 1.27 bits per heavy atom. The van der Waals surface area contributed by atoms with Gasteiger partial charge >= 0.3 is 0 Å². The minimum atomic E-state index is -0.0495. The van der Waals surface area contributed by atoms with Crippen molar-refractivity contribution < 1.29 is 4.79 Å². The van der Waals surface area contributed by atoms with E-state index in [1.165, 1.54) is 12.7 Å². The van der Waals surface area contributed by atoms with Gasteiger partial charge in [0.1, 0.15) is 0 Å². The molecule has 1 saturated heterocycles. The van der Waals surface area contributed by atoms with Crippen LogP contribution in [0.5, 0.6) is 0 Å². The van der Waals surface area contributed by atoms with Crippen molar-refractivity contribution in [2.24, 2.45) is 11.8 Å². The third-order valence-electron chi connectivity index (χ3n) is 6.33. The summed E-state index contributed by atoms with van der Waals surface area (Å²) in [6.07, 6.45) is 9.28. The van der Waals surface area contributed by atoms with Crippen LogP contribution in [-0.2, 0) is 10.3 Å². The second kappa shape index (κ2) is 4.28. The highest BCUT2D eigenvalue weighted by atomic mass is 16.2. The number of nitrogens with one attached hydrogen (secondary N) is 2. The average Bonchev–Trinajstić information content (AvgIpc) is 2.87. The predicted octanol–water partition coefficient (Wildman–Crippen LogP) is 0.199. The summed E-state index contributed by atoms with van der Waals surface area (Å²) in [6.45, 7) is 0.961. The summed E-state index contributed by atoms with van der Waals surface area (Å²) in [5.41, 5.74) is -0.0764. The lowest BCUT2D eigenvalue weighted by Crippen LogP contribution is -2.68. The fraction of sp³-hybridized carbons (Fsp3) is 0.867. The molecular weight excluding hydrogens is 280 g/mol. The van der Waals surface area contributed by atoms with Crippen molar-refractivity contribution in [3.8, 4) is 0 Å². The molecule has 0 spiro atoms. The first kappa shape index (κ1) is 13.0. The molecule has 7 heteroatoms. The summed E-state index contributed by atoms with van der Waals surface area (Å²) in [4.78, 5) is 14.3. The molecule has 0 aromatic carbocycles. The van der Waals surface area contributed by atoms with Crippen molar-refractivity contribution in [2.75, 3.05) is 6.54 Å². The molecule has 4 aliphatic carbocycles. The monoisotopic (exact) mass is 302 g/mol. The summed E-state index contributed by atoms with van der Waals surface area (Å²) in [7, 11) is 0. The zero-order valence-electron chi connectivity index (χ0n) is 12.7. The Morgan fingerprint density at radius 2 is 2.05 bits per heavy atom. The maximum Gasteiger partial charge on any atom is 0.237 e. The molecule has 5 fully saturated rings. The molecule has 1 aromatic rings. The van der Waals surface area contributed by atoms with E-state index < -0.39 is 0 Å². The van der Waals surface area contributed by atoms with E-state index in [9.17, 15) is 4.79 Å². The first-order chi connectivity index (χ1) is 10.7. The molecule has 2 N–H and O–H groups in total. The molecule has 6 rings (SSSR count). The molecule has 7 nitrogen and oxygen atoms in total. The van der Waals surface area contributed by atoms with E-state index in [2.05, 4.69) is 26.0 Å². The van der Waals surface area contributed by atoms with Gasteiger partial charge in [-0.15, -0.1) is 10.2 Å². The summed E-state index contributed by atoms with van der Waals surface area (Å²) < 4.78 is 0. The van der Waals surface area contributed by atoms with Crippen LogP contribution in [0.1, 0.15) is 44.9 Å². The molecule has 22 heavy (non-hydrogen) atoms. The van der Waals surface area contributed by atoms with Crippen LogP contribution in [0.2, 0.25) is 0 Å². The summed E-state index contributed by atoms with van der Waals surface area (Å²) in [6, 6.07) is 0.0217. The van der Waals surface area contributed by atoms with Crippen molar-refractivity contribution in [2.45, 2.75) is 62.1 Å². The van der Waals surface area contributed by atoms with Crippen molar-refractivity contribution in [3.05, 3.63) is 6.33 Å². The number of aromatic nitrogens is 4. The quantitative estimate of drug-likeness (QED) is 0.833. The van der Waals surface area contributed by atoms with E-state index in [4.69, 9.17) is 0 Å². The molecule has 5 aliphatic rings. The van der Waals surface area contributed by atoms with E-state index in [0.717, 1.165) is 45.1 Å². The predicted molar refractivity (Wildman–Crippen MR) is 77.8 cm³/mol. The summed E-state index contributed by atoms with van der Waals surface area (Å²) >= 11 is 0. The topological polar surface area (TPSA) is 84.7 Å². The van der Waals surface area contributed by atoms with Gasteiger partial charge in [-0.3, -0.25) is 4.79 Å². The van der Waals surface area contributed by atoms with Crippen LogP contribution in [0.15, 0.2) is 6.33 Å². The highest BCUT2D eigenvalue weighted by Crippen LogP contribution is 2.60. The number of nitrogens with zero attached hydrogens (tertiary/aromatic N) is 4. The number of hydrogen-bond acceptors (Lipinski definition) is 5. The van der Waals surface area contributed by atoms with Gasteiger partial charge in [0, 0.05) is 5.54 Å². The van der Waals surface area contributed by atoms with Gasteiger partial charge in [-0.05, 0) is 68.5 Å².